The van der Waals surface area contributed by atoms with E-state index in [1.54, 1.807) is 6.20 Å². The lowest BCUT2D eigenvalue weighted by Gasteiger charge is -2.33. The minimum atomic E-state index is -0.277. The predicted octanol–water partition coefficient (Wildman–Crippen LogP) is 0.547. The Morgan fingerprint density at radius 3 is 2.62 bits per heavy atom. The zero-order valence-corrected chi connectivity index (χ0v) is 15.9. The van der Waals surface area contributed by atoms with Gasteiger partial charge in [-0.05, 0) is 38.6 Å². The van der Waals surface area contributed by atoms with Crippen molar-refractivity contribution in [3.63, 3.8) is 0 Å². The van der Waals surface area contributed by atoms with Gasteiger partial charge in [0.2, 0.25) is 5.91 Å². The number of urea groups is 1. The molecule has 3 N–H and O–H groups in total. The Bertz CT molecular complexity index is 599. The molecule has 8 heteroatoms. The van der Waals surface area contributed by atoms with Gasteiger partial charge in [0.05, 0.1) is 0 Å². The molecule has 1 aromatic rings. The second-order valence-corrected chi connectivity index (χ2v) is 6.89. The third kappa shape index (κ3) is 6.87. The number of aromatic nitrogens is 1. The fourth-order valence-electron chi connectivity index (χ4n) is 2.71. The lowest BCUT2D eigenvalue weighted by atomic mass is 10.2. The summed E-state index contributed by atoms with van der Waals surface area (Å²) in [7, 11) is 2.12. The number of piperazine rings is 1. The van der Waals surface area contributed by atoms with E-state index in [0.29, 0.717) is 13.1 Å². The topological polar surface area (TPSA) is 89.6 Å². The molecule has 2 heterocycles. The highest BCUT2D eigenvalue weighted by Crippen LogP contribution is 2.14. The van der Waals surface area contributed by atoms with E-state index < -0.39 is 0 Å². The Kier molecular flexibility index (Phi) is 7.65. The molecule has 1 aliphatic rings. The van der Waals surface area contributed by atoms with Gasteiger partial charge < -0.3 is 25.8 Å². The lowest BCUT2D eigenvalue weighted by molar-refractivity contribution is -0.121. The number of carbonyl (C=O) groups is 2. The van der Waals surface area contributed by atoms with Crippen molar-refractivity contribution in [2.75, 3.05) is 44.7 Å². The molecule has 0 aliphatic carbocycles. The van der Waals surface area contributed by atoms with Crippen LogP contribution in [-0.4, -0.2) is 67.6 Å². The molecule has 144 valence electrons. The molecule has 0 spiro atoms. The summed E-state index contributed by atoms with van der Waals surface area (Å²) in [6.45, 7) is 8.51. The van der Waals surface area contributed by atoms with Gasteiger partial charge in [0.1, 0.15) is 5.82 Å². The highest BCUT2D eigenvalue weighted by molar-refractivity contribution is 5.78. The Morgan fingerprint density at radius 2 is 1.92 bits per heavy atom. The second-order valence-electron chi connectivity index (χ2n) is 6.89. The molecule has 8 nitrogen and oxygen atoms in total. The summed E-state index contributed by atoms with van der Waals surface area (Å²) >= 11 is 0. The molecule has 1 saturated heterocycles. The van der Waals surface area contributed by atoms with E-state index in [-0.39, 0.29) is 24.4 Å². The van der Waals surface area contributed by atoms with Crippen LogP contribution >= 0.6 is 0 Å². The van der Waals surface area contributed by atoms with E-state index in [1.807, 2.05) is 26.0 Å². The Labute approximate surface area is 155 Å². The number of likely N-dealkylation sites (N-methyl/N-ethyl adjacent to an activating group) is 1. The van der Waals surface area contributed by atoms with E-state index in [2.05, 4.69) is 37.8 Å². The number of rotatable bonds is 7. The first-order valence-corrected chi connectivity index (χ1v) is 9.13. The fraction of sp³-hybridized carbons (Fsp3) is 0.611. The molecule has 26 heavy (non-hydrogen) atoms. The van der Waals surface area contributed by atoms with Crippen LogP contribution in [-0.2, 0) is 11.3 Å². The summed E-state index contributed by atoms with van der Waals surface area (Å²) in [6, 6.07) is 3.75. The maximum atomic E-state index is 11.9. The van der Waals surface area contributed by atoms with Gasteiger partial charge in [-0.25, -0.2) is 9.78 Å². The number of pyridine rings is 1. The zero-order valence-electron chi connectivity index (χ0n) is 15.9. The molecule has 0 unspecified atom stereocenters. The van der Waals surface area contributed by atoms with Gasteiger partial charge >= 0.3 is 6.03 Å². The number of hydrogen-bond donors (Lipinski definition) is 3. The van der Waals surface area contributed by atoms with E-state index in [0.717, 1.165) is 37.6 Å². The number of hydrogen-bond acceptors (Lipinski definition) is 5. The van der Waals surface area contributed by atoms with Crippen LogP contribution < -0.4 is 20.9 Å². The molecule has 3 amide bonds. The van der Waals surface area contributed by atoms with Crippen molar-refractivity contribution < 1.29 is 9.59 Å². The molecule has 1 fully saturated rings. The summed E-state index contributed by atoms with van der Waals surface area (Å²) < 4.78 is 0. The average molecular weight is 362 g/mol. The van der Waals surface area contributed by atoms with Gasteiger partial charge in [-0.3, -0.25) is 4.79 Å². The number of nitrogens with zero attached hydrogens (tertiary/aromatic N) is 3. The molecule has 1 aliphatic heterocycles. The van der Waals surface area contributed by atoms with Gasteiger partial charge in [-0.1, -0.05) is 0 Å². The van der Waals surface area contributed by atoms with Crippen molar-refractivity contribution >= 4 is 17.8 Å². The fourth-order valence-corrected chi connectivity index (χ4v) is 2.71. The highest BCUT2D eigenvalue weighted by Gasteiger charge is 2.15. The predicted molar refractivity (Wildman–Crippen MR) is 102 cm³/mol. The number of amides is 3. The first-order valence-electron chi connectivity index (χ1n) is 9.13. The first kappa shape index (κ1) is 20.0. The molecule has 2 rings (SSSR count). The molecule has 0 bridgehead atoms. The smallest absolute Gasteiger partial charge is 0.315 e. The molecule has 0 radical (unpaired) electrons. The normalized spacial score (nSPS) is 15.0. The van der Waals surface area contributed by atoms with Crippen LogP contribution in [0.15, 0.2) is 18.3 Å². The molecular formula is C18H30N6O2. The van der Waals surface area contributed by atoms with Gasteiger partial charge in [0.25, 0.3) is 0 Å². The SMILES string of the molecule is CC(C)NC(=O)CCNC(=O)NCc1ccnc(N2CCN(C)CC2)c1. The summed E-state index contributed by atoms with van der Waals surface area (Å²) in [5.41, 5.74) is 1.00. The van der Waals surface area contributed by atoms with E-state index in [9.17, 15) is 9.59 Å². The summed E-state index contributed by atoms with van der Waals surface area (Å²) in [5, 5.41) is 8.30. The largest absolute Gasteiger partial charge is 0.354 e. The summed E-state index contributed by atoms with van der Waals surface area (Å²) in [6.07, 6.45) is 2.05. The second kappa shape index (κ2) is 9.96. The van der Waals surface area contributed by atoms with Gasteiger partial charge in [0.15, 0.2) is 0 Å². The van der Waals surface area contributed by atoms with Crippen molar-refractivity contribution in [1.82, 2.24) is 25.8 Å². The van der Waals surface area contributed by atoms with Crippen molar-refractivity contribution in [2.24, 2.45) is 0 Å². The lowest BCUT2D eigenvalue weighted by Crippen LogP contribution is -2.44. The van der Waals surface area contributed by atoms with Crippen LogP contribution in [0.2, 0.25) is 0 Å². The molecule has 1 aromatic heterocycles. The van der Waals surface area contributed by atoms with Gasteiger partial charge in [-0.2, -0.15) is 0 Å². The van der Waals surface area contributed by atoms with Crippen molar-refractivity contribution in [3.05, 3.63) is 23.9 Å². The van der Waals surface area contributed by atoms with E-state index in [1.165, 1.54) is 0 Å². The minimum Gasteiger partial charge on any atom is -0.354 e. The third-order valence-electron chi connectivity index (χ3n) is 4.18. The Hall–Kier alpha value is -2.35. The van der Waals surface area contributed by atoms with Crippen LogP contribution in [0.25, 0.3) is 0 Å². The molecule has 0 atom stereocenters. The molecule has 0 saturated carbocycles. The standard InChI is InChI=1S/C18H30N6O2/c1-14(2)22-17(25)5-7-20-18(26)21-13-15-4-6-19-16(12-15)24-10-8-23(3)9-11-24/h4,6,12,14H,5,7-11,13H2,1-3H3,(H,22,25)(H2,20,21,26). The quantitative estimate of drug-likeness (QED) is 0.659. The Morgan fingerprint density at radius 1 is 1.19 bits per heavy atom. The minimum absolute atomic E-state index is 0.0637. The zero-order chi connectivity index (χ0) is 18.9. The number of carbonyl (C=O) groups excluding carboxylic acids is 2. The molecular weight excluding hydrogens is 332 g/mol. The number of anilines is 1. The van der Waals surface area contributed by atoms with Crippen LogP contribution in [0.5, 0.6) is 0 Å². The number of nitrogens with one attached hydrogen (secondary N) is 3. The Balaban J connectivity index is 1.72. The first-order chi connectivity index (χ1) is 12.4. The van der Waals surface area contributed by atoms with E-state index >= 15 is 0 Å². The summed E-state index contributed by atoms with van der Waals surface area (Å²) in [5.74, 6) is 0.884. The van der Waals surface area contributed by atoms with Crippen LogP contribution in [0.4, 0.5) is 10.6 Å². The van der Waals surface area contributed by atoms with Crippen molar-refractivity contribution in [3.8, 4) is 0 Å². The molecule has 0 aromatic carbocycles. The maximum absolute atomic E-state index is 11.9. The average Bonchev–Trinajstić information content (AvgIpc) is 2.60. The van der Waals surface area contributed by atoms with Crippen molar-refractivity contribution in [2.45, 2.75) is 32.9 Å². The van der Waals surface area contributed by atoms with Gasteiger partial charge in [-0.15, -0.1) is 0 Å². The van der Waals surface area contributed by atoms with Crippen LogP contribution in [0.3, 0.4) is 0 Å². The van der Waals surface area contributed by atoms with E-state index in [4.69, 9.17) is 0 Å². The van der Waals surface area contributed by atoms with Gasteiger partial charge in [0, 0.05) is 57.9 Å². The third-order valence-corrected chi connectivity index (χ3v) is 4.18. The maximum Gasteiger partial charge on any atom is 0.315 e. The highest BCUT2D eigenvalue weighted by atomic mass is 16.2. The van der Waals surface area contributed by atoms with Crippen LogP contribution in [0, 0.1) is 0 Å². The monoisotopic (exact) mass is 362 g/mol. The summed E-state index contributed by atoms with van der Waals surface area (Å²) in [4.78, 5) is 32.4. The van der Waals surface area contributed by atoms with Crippen LogP contribution in [0.1, 0.15) is 25.8 Å². The van der Waals surface area contributed by atoms with Crippen molar-refractivity contribution in [1.29, 1.82) is 0 Å².